The Bertz CT molecular complexity index is 813. The Morgan fingerprint density at radius 3 is 2.56 bits per heavy atom. The number of nitrogens with one attached hydrogen (secondary N) is 1. The second-order valence-corrected chi connectivity index (χ2v) is 6.09. The Balaban J connectivity index is 1.46. The molecule has 3 aromatic rings. The van der Waals surface area contributed by atoms with Gasteiger partial charge in [0, 0.05) is 19.3 Å². The van der Waals surface area contributed by atoms with Crippen LogP contribution in [0.25, 0.3) is 0 Å². The highest BCUT2D eigenvalue weighted by Gasteiger charge is 2.03. The molecule has 1 N–H and O–H groups in total. The van der Waals surface area contributed by atoms with Crippen LogP contribution in [-0.2, 0) is 19.5 Å². The molecule has 0 amide bonds. The number of rotatable bonds is 8. The predicted octanol–water partition coefficient (Wildman–Crippen LogP) is 3.53. The van der Waals surface area contributed by atoms with Gasteiger partial charge < -0.3 is 9.88 Å². The molecule has 25 heavy (non-hydrogen) atoms. The van der Waals surface area contributed by atoms with Gasteiger partial charge in [0.15, 0.2) is 0 Å². The van der Waals surface area contributed by atoms with Crippen LogP contribution in [0.4, 0.5) is 0 Å². The highest BCUT2D eigenvalue weighted by atomic mass is 15.1. The molecule has 2 aromatic carbocycles. The third-order valence-electron chi connectivity index (χ3n) is 4.20. The summed E-state index contributed by atoms with van der Waals surface area (Å²) in [6.45, 7) is 2.56. The second-order valence-electron chi connectivity index (χ2n) is 6.09. The van der Waals surface area contributed by atoms with E-state index >= 15 is 0 Å². The van der Waals surface area contributed by atoms with Crippen LogP contribution >= 0.6 is 0 Å². The minimum atomic E-state index is 0.690. The van der Waals surface area contributed by atoms with E-state index in [2.05, 4.69) is 51.3 Å². The molecule has 0 saturated heterocycles. The zero-order valence-corrected chi connectivity index (χ0v) is 14.2. The molecule has 0 fully saturated rings. The fraction of sp³-hybridized carbons (Fsp3) is 0.238. The van der Waals surface area contributed by atoms with Crippen molar-refractivity contribution in [3.8, 4) is 6.07 Å². The fourth-order valence-electron chi connectivity index (χ4n) is 2.80. The molecule has 0 aliphatic heterocycles. The molecule has 0 unspecified atom stereocenters. The highest BCUT2D eigenvalue weighted by Crippen LogP contribution is 2.08. The summed E-state index contributed by atoms with van der Waals surface area (Å²) in [6.07, 6.45) is 5.99. The molecular formula is C21H22N4. The van der Waals surface area contributed by atoms with E-state index in [9.17, 15) is 0 Å². The van der Waals surface area contributed by atoms with Crippen molar-refractivity contribution in [2.75, 3.05) is 6.54 Å². The largest absolute Gasteiger partial charge is 0.329 e. The Labute approximate surface area is 148 Å². The minimum Gasteiger partial charge on any atom is -0.329 e. The van der Waals surface area contributed by atoms with E-state index in [1.165, 1.54) is 16.8 Å². The van der Waals surface area contributed by atoms with Crippen LogP contribution in [-0.4, -0.2) is 16.1 Å². The molecule has 0 bridgehead atoms. The van der Waals surface area contributed by atoms with Crippen LogP contribution in [0.1, 0.15) is 28.8 Å². The molecule has 4 heteroatoms. The van der Waals surface area contributed by atoms with E-state index in [-0.39, 0.29) is 0 Å². The lowest BCUT2D eigenvalue weighted by atomic mass is 10.1. The van der Waals surface area contributed by atoms with Crippen molar-refractivity contribution >= 4 is 0 Å². The molecule has 0 radical (unpaired) electrons. The van der Waals surface area contributed by atoms with Crippen LogP contribution in [0.2, 0.25) is 0 Å². The first-order valence-electron chi connectivity index (χ1n) is 8.58. The Morgan fingerprint density at radius 1 is 1.00 bits per heavy atom. The van der Waals surface area contributed by atoms with E-state index in [1.54, 1.807) is 0 Å². The summed E-state index contributed by atoms with van der Waals surface area (Å²) in [5.74, 6) is 0. The first-order valence-corrected chi connectivity index (χ1v) is 8.58. The minimum absolute atomic E-state index is 0.690. The molecule has 1 aromatic heterocycles. The van der Waals surface area contributed by atoms with Gasteiger partial charge in [-0.25, -0.2) is 4.98 Å². The van der Waals surface area contributed by atoms with Gasteiger partial charge in [-0.05, 0) is 42.6 Å². The average molecular weight is 330 g/mol. The number of hydrogen-bond acceptors (Lipinski definition) is 3. The fourth-order valence-corrected chi connectivity index (χ4v) is 2.80. The lowest BCUT2D eigenvalue weighted by molar-refractivity contribution is 0.615. The summed E-state index contributed by atoms with van der Waals surface area (Å²) in [4.78, 5) is 4.27. The SMILES string of the molecule is N#Cc1ccc(Cn2cncc2CNCCCc2ccccc2)cc1. The van der Waals surface area contributed by atoms with Crippen molar-refractivity contribution in [1.82, 2.24) is 14.9 Å². The molecule has 0 aliphatic rings. The number of benzene rings is 2. The normalized spacial score (nSPS) is 10.5. The van der Waals surface area contributed by atoms with Gasteiger partial charge in [0.2, 0.25) is 0 Å². The maximum Gasteiger partial charge on any atom is 0.0991 e. The van der Waals surface area contributed by atoms with Crippen molar-refractivity contribution in [2.45, 2.75) is 25.9 Å². The summed E-state index contributed by atoms with van der Waals surface area (Å²) in [5, 5.41) is 12.4. The third kappa shape index (κ3) is 5.03. The van der Waals surface area contributed by atoms with Crippen molar-refractivity contribution in [2.24, 2.45) is 0 Å². The van der Waals surface area contributed by atoms with Crippen LogP contribution in [0.5, 0.6) is 0 Å². The topological polar surface area (TPSA) is 53.6 Å². The average Bonchev–Trinajstić information content (AvgIpc) is 3.10. The Morgan fingerprint density at radius 2 is 1.80 bits per heavy atom. The maximum atomic E-state index is 8.87. The zero-order chi connectivity index (χ0) is 17.3. The molecular weight excluding hydrogens is 308 g/mol. The quantitative estimate of drug-likeness (QED) is 0.643. The molecule has 1 heterocycles. The molecule has 4 nitrogen and oxygen atoms in total. The van der Waals surface area contributed by atoms with Crippen molar-refractivity contribution < 1.29 is 0 Å². The Kier molecular flexibility index (Phi) is 5.97. The van der Waals surface area contributed by atoms with Crippen molar-refractivity contribution in [1.29, 1.82) is 5.26 Å². The van der Waals surface area contributed by atoms with Gasteiger partial charge in [-0.15, -0.1) is 0 Å². The molecule has 126 valence electrons. The zero-order valence-electron chi connectivity index (χ0n) is 14.2. The maximum absolute atomic E-state index is 8.87. The number of nitriles is 1. The lowest BCUT2D eigenvalue weighted by Crippen LogP contribution is -2.18. The van der Waals surface area contributed by atoms with Crippen LogP contribution < -0.4 is 5.32 Å². The standard InChI is InChI=1S/C21H22N4/c22-13-19-8-10-20(11-9-19)16-25-17-24-15-21(25)14-23-12-4-7-18-5-2-1-3-6-18/h1-3,5-6,8-11,15,17,23H,4,7,12,14,16H2. The van der Waals surface area contributed by atoms with Crippen LogP contribution in [0, 0.1) is 11.3 Å². The molecule has 3 rings (SSSR count). The number of aromatic nitrogens is 2. The number of imidazole rings is 1. The van der Waals surface area contributed by atoms with Gasteiger partial charge in [0.05, 0.1) is 23.7 Å². The molecule has 0 aliphatic carbocycles. The van der Waals surface area contributed by atoms with Gasteiger partial charge >= 0.3 is 0 Å². The number of nitrogens with zero attached hydrogens (tertiary/aromatic N) is 3. The number of hydrogen-bond donors (Lipinski definition) is 1. The first-order chi connectivity index (χ1) is 12.3. The van der Waals surface area contributed by atoms with Gasteiger partial charge in [0.1, 0.15) is 0 Å². The van der Waals surface area contributed by atoms with Gasteiger partial charge in [0.25, 0.3) is 0 Å². The lowest BCUT2D eigenvalue weighted by Gasteiger charge is -2.10. The summed E-state index contributed by atoms with van der Waals surface area (Å²) >= 11 is 0. The summed E-state index contributed by atoms with van der Waals surface area (Å²) < 4.78 is 2.14. The Hall–Kier alpha value is -2.90. The van der Waals surface area contributed by atoms with Gasteiger partial charge in [-0.1, -0.05) is 42.5 Å². The van der Waals surface area contributed by atoms with Crippen LogP contribution in [0.3, 0.4) is 0 Å². The third-order valence-corrected chi connectivity index (χ3v) is 4.20. The number of aryl methyl sites for hydroxylation is 1. The molecule has 0 atom stereocenters. The van der Waals surface area contributed by atoms with E-state index in [0.29, 0.717) is 5.56 Å². The molecule has 0 saturated carbocycles. The molecule has 0 spiro atoms. The predicted molar refractivity (Wildman–Crippen MR) is 99.0 cm³/mol. The van der Waals surface area contributed by atoms with E-state index in [4.69, 9.17) is 5.26 Å². The van der Waals surface area contributed by atoms with E-state index < -0.39 is 0 Å². The second kappa shape index (κ2) is 8.81. The van der Waals surface area contributed by atoms with E-state index in [1.807, 2.05) is 36.8 Å². The smallest absolute Gasteiger partial charge is 0.0991 e. The van der Waals surface area contributed by atoms with Crippen molar-refractivity contribution in [3.05, 3.63) is 89.5 Å². The van der Waals surface area contributed by atoms with E-state index in [0.717, 1.165) is 32.5 Å². The summed E-state index contributed by atoms with van der Waals surface area (Å²) in [5.41, 5.74) is 4.41. The first kappa shape index (κ1) is 16.9. The van der Waals surface area contributed by atoms with Crippen molar-refractivity contribution in [3.63, 3.8) is 0 Å². The highest BCUT2D eigenvalue weighted by molar-refractivity contribution is 5.31. The summed E-state index contributed by atoms with van der Waals surface area (Å²) in [7, 11) is 0. The summed E-state index contributed by atoms with van der Waals surface area (Å²) in [6, 6.07) is 20.4. The monoisotopic (exact) mass is 330 g/mol. The van der Waals surface area contributed by atoms with Crippen LogP contribution in [0.15, 0.2) is 67.1 Å². The van der Waals surface area contributed by atoms with Gasteiger partial charge in [-0.3, -0.25) is 0 Å². The van der Waals surface area contributed by atoms with Gasteiger partial charge in [-0.2, -0.15) is 5.26 Å².